The molecule has 0 saturated heterocycles. The lowest BCUT2D eigenvalue weighted by atomic mass is 10.2. The Morgan fingerprint density at radius 2 is 1.88 bits per heavy atom. The van der Waals surface area contributed by atoms with Crippen molar-refractivity contribution in [3.8, 4) is 5.75 Å². The normalized spacial score (nSPS) is 10.1. The monoisotopic (exact) mass is 368 g/mol. The Bertz CT molecular complexity index is 753. The number of primary amides is 1. The number of nitrogens with two attached hydrogens (primary N) is 1. The SMILES string of the molecule is NC(=O)Nc1cccc(C(=O)OCCOc2ccc(Cl)cc2Cl)c1. The first-order chi connectivity index (χ1) is 11.5. The molecule has 3 N–H and O–H groups in total. The van der Waals surface area contributed by atoms with Crippen LogP contribution in [0.3, 0.4) is 0 Å². The number of benzene rings is 2. The Labute approximate surface area is 148 Å². The van der Waals surface area contributed by atoms with Crippen LogP contribution in [-0.4, -0.2) is 25.2 Å². The molecule has 0 aromatic heterocycles. The molecule has 2 amide bonds. The minimum absolute atomic E-state index is 0.0330. The third kappa shape index (κ3) is 5.33. The fourth-order valence-electron chi connectivity index (χ4n) is 1.83. The van der Waals surface area contributed by atoms with Crippen molar-refractivity contribution in [3.63, 3.8) is 0 Å². The number of hydrogen-bond donors (Lipinski definition) is 2. The van der Waals surface area contributed by atoms with E-state index < -0.39 is 12.0 Å². The molecular formula is C16H14Cl2N2O4. The maximum Gasteiger partial charge on any atom is 0.338 e. The molecule has 0 bridgehead atoms. The second-order valence-corrected chi connectivity index (χ2v) is 5.47. The predicted molar refractivity (Wildman–Crippen MR) is 91.9 cm³/mol. The maximum absolute atomic E-state index is 11.9. The van der Waals surface area contributed by atoms with Crippen LogP contribution in [0.15, 0.2) is 42.5 Å². The summed E-state index contributed by atoms with van der Waals surface area (Å²) in [5.74, 6) is -0.0984. The van der Waals surface area contributed by atoms with E-state index in [0.29, 0.717) is 21.5 Å². The Hall–Kier alpha value is -2.44. The summed E-state index contributed by atoms with van der Waals surface area (Å²) in [5, 5.41) is 3.26. The lowest BCUT2D eigenvalue weighted by Gasteiger charge is -2.09. The predicted octanol–water partition coefficient (Wildman–Crippen LogP) is 3.72. The molecule has 0 aliphatic rings. The lowest BCUT2D eigenvalue weighted by molar-refractivity contribution is 0.0450. The number of rotatable bonds is 6. The van der Waals surface area contributed by atoms with Crippen LogP contribution in [0.1, 0.15) is 10.4 Å². The van der Waals surface area contributed by atoms with Crippen LogP contribution in [0, 0.1) is 0 Å². The first kappa shape index (κ1) is 17.9. The Morgan fingerprint density at radius 3 is 2.58 bits per heavy atom. The van der Waals surface area contributed by atoms with Gasteiger partial charge in [0.25, 0.3) is 0 Å². The van der Waals surface area contributed by atoms with E-state index >= 15 is 0 Å². The Kier molecular flexibility index (Phi) is 6.28. The summed E-state index contributed by atoms with van der Waals surface area (Å²) in [4.78, 5) is 22.7. The van der Waals surface area contributed by atoms with Crippen molar-refractivity contribution in [2.24, 2.45) is 5.73 Å². The van der Waals surface area contributed by atoms with Crippen molar-refractivity contribution in [3.05, 3.63) is 58.1 Å². The van der Waals surface area contributed by atoms with Crippen molar-refractivity contribution in [1.82, 2.24) is 0 Å². The molecule has 0 atom stereocenters. The van der Waals surface area contributed by atoms with Crippen LogP contribution in [-0.2, 0) is 4.74 Å². The van der Waals surface area contributed by atoms with E-state index in [9.17, 15) is 9.59 Å². The third-order valence-electron chi connectivity index (χ3n) is 2.83. The van der Waals surface area contributed by atoms with Crippen LogP contribution in [0.5, 0.6) is 5.75 Å². The minimum atomic E-state index is -0.714. The molecule has 24 heavy (non-hydrogen) atoms. The van der Waals surface area contributed by atoms with E-state index in [-0.39, 0.29) is 18.8 Å². The molecule has 0 fully saturated rings. The van der Waals surface area contributed by atoms with E-state index in [4.69, 9.17) is 38.4 Å². The first-order valence-corrected chi connectivity index (χ1v) is 7.63. The fraction of sp³-hybridized carbons (Fsp3) is 0.125. The van der Waals surface area contributed by atoms with Crippen molar-refractivity contribution < 1.29 is 19.1 Å². The van der Waals surface area contributed by atoms with Gasteiger partial charge in [-0.05, 0) is 36.4 Å². The molecule has 2 rings (SSSR count). The Morgan fingerprint density at radius 1 is 1.08 bits per heavy atom. The number of nitrogens with one attached hydrogen (secondary N) is 1. The molecule has 2 aromatic rings. The number of esters is 1. The first-order valence-electron chi connectivity index (χ1n) is 6.87. The van der Waals surface area contributed by atoms with Crippen molar-refractivity contribution in [2.75, 3.05) is 18.5 Å². The molecule has 0 spiro atoms. The largest absolute Gasteiger partial charge is 0.488 e. The van der Waals surface area contributed by atoms with Crippen LogP contribution in [0.25, 0.3) is 0 Å². The molecule has 0 aliphatic carbocycles. The molecule has 0 radical (unpaired) electrons. The summed E-state index contributed by atoms with van der Waals surface area (Å²) in [5.41, 5.74) is 5.71. The quantitative estimate of drug-likeness (QED) is 0.600. The summed E-state index contributed by atoms with van der Waals surface area (Å²) in [7, 11) is 0. The summed E-state index contributed by atoms with van der Waals surface area (Å²) < 4.78 is 10.5. The van der Waals surface area contributed by atoms with Crippen LogP contribution in [0.4, 0.5) is 10.5 Å². The molecule has 0 unspecified atom stereocenters. The third-order valence-corrected chi connectivity index (χ3v) is 3.36. The van der Waals surface area contributed by atoms with Gasteiger partial charge in [0.1, 0.15) is 19.0 Å². The number of amides is 2. The van der Waals surface area contributed by atoms with Gasteiger partial charge in [0.15, 0.2) is 0 Å². The van der Waals surface area contributed by atoms with E-state index in [1.54, 1.807) is 36.4 Å². The zero-order valence-corrected chi connectivity index (χ0v) is 13.9. The van der Waals surface area contributed by atoms with Crippen LogP contribution >= 0.6 is 23.2 Å². The molecular weight excluding hydrogens is 355 g/mol. The lowest BCUT2D eigenvalue weighted by Crippen LogP contribution is -2.19. The summed E-state index contributed by atoms with van der Waals surface area (Å²) in [6.45, 7) is 0.164. The van der Waals surface area contributed by atoms with Gasteiger partial charge in [-0.15, -0.1) is 0 Å². The number of carbonyl (C=O) groups excluding carboxylic acids is 2. The molecule has 6 nitrogen and oxygen atoms in total. The topological polar surface area (TPSA) is 90.7 Å². The van der Waals surface area contributed by atoms with Crippen LogP contribution < -0.4 is 15.8 Å². The molecule has 126 valence electrons. The number of carbonyl (C=O) groups is 2. The van der Waals surface area contributed by atoms with Crippen molar-refractivity contribution in [2.45, 2.75) is 0 Å². The molecule has 2 aromatic carbocycles. The summed E-state index contributed by atoms with van der Waals surface area (Å²) in [6, 6.07) is 10.3. The molecule has 8 heteroatoms. The van der Waals surface area contributed by atoms with Gasteiger partial charge in [-0.3, -0.25) is 0 Å². The summed E-state index contributed by atoms with van der Waals surface area (Å²) in [6.07, 6.45) is 0. The highest BCUT2D eigenvalue weighted by Gasteiger charge is 2.09. The number of urea groups is 1. The zero-order valence-electron chi connectivity index (χ0n) is 12.4. The van der Waals surface area contributed by atoms with Crippen molar-refractivity contribution in [1.29, 1.82) is 0 Å². The number of halogens is 2. The summed E-state index contributed by atoms with van der Waals surface area (Å²) >= 11 is 11.8. The van der Waals surface area contributed by atoms with E-state index in [1.165, 1.54) is 6.07 Å². The van der Waals surface area contributed by atoms with E-state index in [0.717, 1.165) is 0 Å². The number of hydrogen-bond acceptors (Lipinski definition) is 4. The average Bonchev–Trinajstić information content (AvgIpc) is 2.52. The van der Waals surface area contributed by atoms with Gasteiger partial charge in [0.2, 0.25) is 0 Å². The van der Waals surface area contributed by atoms with Crippen molar-refractivity contribution >= 4 is 40.9 Å². The van der Waals surface area contributed by atoms with Gasteiger partial charge >= 0.3 is 12.0 Å². The smallest absolute Gasteiger partial charge is 0.338 e. The highest BCUT2D eigenvalue weighted by molar-refractivity contribution is 6.35. The maximum atomic E-state index is 11.9. The average molecular weight is 369 g/mol. The molecule has 0 heterocycles. The Balaban J connectivity index is 1.84. The number of anilines is 1. The van der Waals surface area contributed by atoms with Gasteiger partial charge in [-0.25, -0.2) is 9.59 Å². The van der Waals surface area contributed by atoms with Gasteiger partial charge < -0.3 is 20.5 Å². The van der Waals surface area contributed by atoms with E-state index in [1.807, 2.05) is 0 Å². The van der Waals surface area contributed by atoms with Gasteiger partial charge in [-0.1, -0.05) is 29.3 Å². The molecule has 0 aliphatic heterocycles. The minimum Gasteiger partial charge on any atom is -0.488 e. The van der Waals surface area contributed by atoms with E-state index in [2.05, 4.69) is 5.32 Å². The zero-order chi connectivity index (χ0) is 17.5. The van der Waals surface area contributed by atoms with Gasteiger partial charge in [0, 0.05) is 10.7 Å². The van der Waals surface area contributed by atoms with Crippen LogP contribution in [0.2, 0.25) is 10.0 Å². The molecule has 0 saturated carbocycles. The highest BCUT2D eigenvalue weighted by Crippen LogP contribution is 2.27. The van der Waals surface area contributed by atoms with Gasteiger partial charge in [0.05, 0.1) is 10.6 Å². The van der Waals surface area contributed by atoms with Gasteiger partial charge in [-0.2, -0.15) is 0 Å². The number of ether oxygens (including phenoxy) is 2. The highest BCUT2D eigenvalue weighted by atomic mass is 35.5. The fourth-order valence-corrected chi connectivity index (χ4v) is 2.29. The standard InChI is InChI=1S/C16H14Cl2N2O4/c17-11-4-5-14(13(18)9-11)23-6-7-24-15(21)10-2-1-3-12(8-10)20-16(19)22/h1-5,8-9H,6-7H2,(H3,19,20,22). The second-order valence-electron chi connectivity index (χ2n) is 4.63. The second kappa shape index (κ2) is 8.42.